The molecule has 6 nitrogen and oxygen atoms in total. The zero-order valence-corrected chi connectivity index (χ0v) is 13.6. The van der Waals surface area contributed by atoms with Crippen molar-refractivity contribution in [2.45, 2.75) is 19.4 Å². The number of carbonyl (C=O) groups excluding carboxylic acids is 2. The van der Waals surface area contributed by atoms with Gasteiger partial charge < -0.3 is 15.6 Å². The van der Waals surface area contributed by atoms with Crippen LogP contribution in [0.25, 0.3) is 10.9 Å². The Bertz CT molecular complexity index is 947. The molecule has 1 aliphatic rings. The molecule has 0 spiro atoms. The highest BCUT2D eigenvalue weighted by molar-refractivity contribution is 6.04. The normalized spacial score (nSPS) is 13.8. The molecule has 0 radical (unpaired) electrons. The Kier molecular flexibility index (Phi) is 3.93. The lowest BCUT2D eigenvalue weighted by Crippen LogP contribution is -2.22. The van der Waals surface area contributed by atoms with Crippen LogP contribution in [0.4, 0.5) is 0 Å². The fraction of sp³-hybridized carbons (Fsp3) is 0.211. The molecule has 0 unspecified atom stereocenters. The molecule has 0 saturated heterocycles. The van der Waals surface area contributed by atoms with Gasteiger partial charge >= 0.3 is 0 Å². The minimum atomic E-state index is -0.140. The smallest absolute Gasteiger partial charge is 0.268 e. The predicted octanol–water partition coefficient (Wildman–Crippen LogP) is 2.17. The van der Waals surface area contributed by atoms with Crippen LogP contribution in [0, 0.1) is 0 Å². The van der Waals surface area contributed by atoms with E-state index in [0.29, 0.717) is 24.3 Å². The van der Waals surface area contributed by atoms with Crippen molar-refractivity contribution in [3.63, 3.8) is 0 Å². The molecule has 1 aliphatic heterocycles. The van der Waals surface area contributed by atoms with Crippen LogP contribution in [0.15, 0.2) is 42.7 Å². The zero-order valence-electron chi connectivity index (χ0n) is 13.6. The van der Waals surface area contributed by atoms with Crippen molar-refractivity contribution in [2.24, 2.45) is 0 Å². The number of nitrogens with zero attached hydrogens (tertiary/aromatic N) is 1. The van der Waals surface area contributed by atoms with Gasteiger partial charge in [0.05, 0.1) is 0 Å². The van der Waals surface area contributed by atoms with Crippen LogP contribution in [0.3, 0.4) is 0 Å². The lowest BCUT2D eigenvalue weighted by molar-refractivity contribution is 0.0943. The van der Waals surface area contributed by atoms with Crippen LogP contribution < -0.4 is 10.6 Å². The third kappa shape index (κ3) is 2.98. The molecule has 2 aromatic heterocycles. The summed E-state index contributed by atoms with van der Waals surface area (Å²) in [4.78, 5) is 31.8. The van der Waals surface area contributed by atoms with Crippen LogP contribution in [0.1, 0.15) is 38.4 Å². The van der Waals surface area contributed by atoms with E-state index in [1.807, 2.05) is 24.3 Å². The van der Waals surface area contributed by atoms with Crippen molar-refractivity contribution in [1.29, 1.82) is 0 Å². The minimum absolute atomic E-state index is 0.0775. The maximum atomic E-state index is 12.5. The largest absolute Gasteiger partial charge is 0.351 e. The number of H-pyrrole nitrogens is 1. The van der Waals surface area contributed by atoms with Gasteiger partial charge in [-0.3, -0.25) is 14.6 Å². The van der Waals surface area contributed by atoms with E-state index in [1.54, 1.807) is 18.5 Å². The SMILES string of the molecule is O=C(NCc1cccnc1)c1ccc2[nH]c3c(c2c1)CCCNC3=O. The fourth-order valence-electron chi connectivity index (χ4n) is 3.18. The molecule has 3 N–H and O–H groups in total. The van der Waals surface area contributed by atoms with Crippen LogP contribution in [-0.2, 0) is 13.0 Å². The monoisotopic (exact) mass is 334 g/mol. The Labute approximate surface area is 144 Å². The summed E-state index contributed by atoms with van der Waals surface area (Å²) in [5.41, 5.74) is 4.02. The minimum Gasteiger partial charge on any atom is -0.351 e. The maximum absolute atomic E-state index is 12.5. The number of hydrogen-bond donors (Lipinski definition) is 3. The summed E-state index contributed by atoms with van der Waals surface area (Å²) in [6, 6.07) is 9.25. The highest BCUT2D eigenvalue weighted by Crippen LogP contribution is 2.26. The Morgan fingerprint density at radius 2 is 2.20 bits per heavy atom. The van der Waals surface area contributed by atoms with Gasteiger partial charge in [-0.15, -0.1) is 0 Å². The molecule has 0 fully saturated rings. The second-order valence-corrected chi connectivity index (χ2v) is 6.14. The molecule has 0 bridgehead atoms. The summed E-state index contributed by atoms with van der Waals surface area (Å²) in [7, 11) is 0. The number of aromatic amines is 1. The Hall–Kier alpha value is -3.15. The van der Waals surface area contributed by atoms with Gasteiger partial charge in [-0.2, -0.15) is 0 Å². The molecule has 126 valence electrons. The summed E-state index contributed by atoms with van der Waals surface area (Å²) in [5.74, 6) is -0.218. The van der Waals surface area contributed by atoms with E-state index in [9.17, 15) is 9.59 Å². The van der Waals surface area contributed by atoms with Gasteiger partial charge in [0.15, 0.2) is 0 Å². The number of nitrogens with one attached hydrogen (secondary N) is 3. The molecule has 3 heterocycles. The van der Waals surface area contributed by atoms with Crippen molar-refractivity contribution < 1.29 is 9.59 Å². The first-order valence-electron chi connectivity index (χ1n) is 8.32. The first-order chi connectivity index (χ1) is 12.2. The van der Waals surface area contributed by atoms with Gasteiger partial charge in [0.2, 0.25) is 0 Å². The molecule has 2 amide bonds. The molecular weight excluding hydrogens is 316 g/mol. The van der Waals surface area contributed by atoms with E-state index in [2.05, 4.69) is 20.6 Å². The first-order valence-corrected chi connectivity index (χ1v) is 8.32. The Morgan fingerprint density at radius 1 is 1.28 bits per heavy atom. The molecule has 1 aromatic carbocycles. The molecule has 3 aromatic rings. The Balaban J connectivity index is 1.61. The third-order valence-electron chi connectivity index (χ3n) is 4.46. The number of aryl methyl sites for hydroxylation is 1. The second-order valence-electron chi connectivity index (χ2n) is 6.14. The van der Waals surface area contributed by atoms with E-state index in [0.717, 1.165) is 34.9 Å². The average Bonchev–Trinajstić information content (AvgIpc) is 2.92. The predicted molar refractivity (Wildman–Crippen MR) is 94.4 cm³/mol. The van der Waals surface area contributed by atoms with E-state index in [1.165, 1.54) is 0 Å². The topological polar surface area (TPSA) is 86.9 Å². The van der Waals surface area contributed by atoms with Gasteiger partial charge in [0.1, 0.15) is 5.69 Å². The van der Waals surface area contributed by atoms with Crippen LogP contribution in [0.2, 0.25) is 0 Å². The van der Waals surface area contributed by atoms with Crippen molar-refractivity contribution in [1.82, 2.24) is 20.6 Å². The number of rotatable bonds is 3. The lowest BCUT2D eigenvalue weighted by Gasteiger charge is -2.06. The lowest BCUT2D eigenvalue weighted by atomic mass is 10.0. The third-order valence-corrected chi connectivity index (χ3v) is 4.46. The Morgan fingerprint density at radius 3 is 3.04 bits per heavy atom. The van der Waals surface area contributed by atoms with E-state index < -0.39 is 0 Å². The number of aromatic nitrogens is 2. The van der Waals surface area contributed by atoms with Crippen molar-refractivity contribution in [3.05, 3.63) is 65.1 Å². The second kappa shape index (κ2) is 6.39. The van der Waals surface area contributed by atoms with E-state index >= 15 is 0 Å². The van der Waals surface area contributed by atoms with E-state index in [-0.39, 0.29) is 11.8 Å². The molecule has 0 atom stereocenters. The average molecular weight is 334 g/mol. The van der Waals surface area contributed by atoms with Gasteiger partial charge in [0.25, 0.3) is 11.8 Å². The number of amides is 2. The first kappa shape index (κ1) is 15.4. The highest BCUT2D eigenvalue weighted by atomic mass is 16.2. The number of benzene rings is 1. The number of carbonyl (C=O) groups is 2. The maximum Gasteiger partial charge on any atom is 0.268 e. The highest BCUT2D eigenvalue weighted by Gasteiger charge is 2.20. The zero-order chi connectivity index (χ0) is 17.2. The number of pyridine rings is 1. The van der Waals surface area contributed by atoms with Gasteiger partial charge in [0, 0.05) is 41.9 Å². The van der Waals surface area contributed by atoms with E-state index in [4.69, 9.17) is 0 Å². The van der Waals surface area contributed by atoms with Gasteiger partial charge in [-0.1, -0.05) is 6.07 Å². The molecule has 6 heteroatoms. The summed E-state index contributed by atoms with van der Waals surface area (Å²) in [6.45, 7) is 1.10. The van der Waals surface area contributed by atoms with Crippen molar-refractivity contribution in [2.75, 3.05) is 6.54 Å². The summed E-state index contributed by atoms with van der Waals surface area (Å²) in [5, 5.41) is 6.73. The van der Waals surface area contributed by atoms with Crippen molar-refractivity contribution >= 4 is 22.7 Å². The van der Waals surface area contributed by atoms with Crippen LogP contribution in [-0.4, -0.2) is 28.3 Å². The molecule has 4 rings (SSSR count). The summed E-state index contributed by atoms with van der Waals surface area (Å²) in [6.07, 6.45) is 5.14. The van der Waals surface area contributed by atoms with Gasteiger partial charge in [-0.25, -0.2) is 0 Å². The van der Waals surface area contributed by atoms with Gasteiger partial charge in [-0.05, 0) is 48.2 Å². The molecular formula is C19H18N4O2. The van der Waals surface area contributed by atoms with Crippen molar-refractivity contribution in [3.8, 4) is 0 Å². The standard InChI is InChI=1S/C19H18N4O2/c24-18(22-11-12-3-1-7-20-10-12)13-5-6-16-15(9-13)14-4-2-8-21-19(25)17(14)23-16/h1,3,5-7,9-10,23H,2,4,8,11H2,(H,21,25)(H,22,24). The molecule has 0 saturated carbocycles. The summed E-state index contributed by atoms with van der Waals surface area (Å²) >= 11 is 0. The number of fused-ring (bicyclic) bond motifs is 3. The van der Waals surface area contributed by atoms with Crippen LogP contribution in [0.5, 0.6) is 0 Å². The molecule has 0 aliphatic carbocycles. The molecule has 25 heavy (non-hydrogen) atoms. The fourth-order valence-corrected chi connectivity index (χ4v) is 3.18. The summed E-state index contributed by atoms with van der Waals surface area (Å²) < 4.78 is 0. The van der Waals surface area contributed by atoms with Crippen LogP contribution >= 0.6 is 0 Å². The number of hydrogen-bond acceptors (Lipinski definition) is 3. The quantitative estimate of drug-likeness (QED) is 0.686.